The van der Waals surface area contributed by atoms with Gasteiger partial charge in [-0.15, -0.1) is 0 Å². The van der Waals surface area contributed by atoms with Crippen molar-refractivity contribution in [1.29, 1.82) is 0 Å². The Morgan fingerprint density at radius 3 is 1.70 bits per heavy atom. The van der Waals surface area contributed by atoms with Crippen molar-refractivity contribution in [3.8, 4) is 0 Å². The summed E-state index contributed by atoms with van der Waals surface area (Å²) < 4.78 is 0. The van der Waals surface area contributed by atoms with E-state index >= 15 is 0 Å². The molecule has 27 heavy (non-hydrogen) atoms. The van der Waals surface area contributed by atoms with Gasteiger partial charge in [0.15, 0.2) is 0 Å². The molecule has 0 aliphatic carbocycles. The highest BCUT2D eigenvalue weighted by Crippen LogP contribution is 2.13. The summed E-state index contributed by atoms with van der Waals surface area (Å²) in [5, 5.41) is 2.99. The van der Waals surface area contributed by atoms with Crippen LogP contribution in [0.15, 0.2) is 24.3 Å². The maximum absolute atomic E-state index is 11.9. The topological polar surface area (TPSA) is 29.1 Å². The first-order valence-electron chi connectivity index (χ1n) is 11.6. The molecule has 0 bridgehead atoms. The standard InChI is InChI=1S/C25H42NO/c1-2-3-4-5-6-7-8-9-10-11-12-13-14-15-16-20-23-26-25(27)24-21-18-17-19-22-24/h17-18,21-22H,2-16,20,23H2,1H3,(H,26,27). The largest absolute Gasteiger partial charge is 0.352 e. The van der Waals surface area contributed by atoms with Gasteiger partial charge in [-0.25, -0.2) is 0 Å². The van der Waals surface area contributed by atoms with Gasteiger partial charge in [-0.1, -0.05) is 115 Å². The van der Waals surface area contributed by atoms with Gasteiger partial charge in [0, 0.05) is 12.1 Å². The summed E-state index contributed by atoms with van der Waals surface area (Å²) in [6.45, 7) is 3.07. The van der Waals surface area contributed by atoms with Gasteiger partial charge in [0.2, 0.25) is 0 Å². The van der Waals surface area contributed by atoms with Crippen LogP contribution in [0.5, 0.6) is 0 Å². The van der Waals surface area contributed by atoms with Crippen molar-refractivity contribution in [2.75, 3.05) is 6.54 Å². The lowest BCUT2D eigenvalue weighted by atomic mass is 10.0. The summed E-state index contributed by atoms with van der Waals surface area (Å²) in [5.41, 5.74) is 0.703. The van der Waals surface area contributed by atoms with Crippen molar-refractivity contribution in [3.63, 3.8) is 0 Å². The maximum Gasteiger partial charge on any atom is 0.251 e. The minimum absolute atomic E-state index is 0.0211. The third-order valence-corrected chi connectivity index (χ3v) is 5.29. The van der Waals surface area contributed by atoms with E-state index in [1.807, 2.05) is 18.2 Å². The Hall–Kier alpha value is -1.31. The van der Waals surface area contributed by atoms with Crippen LogP contribution in [0.1, 0.15) is 120 Å². The van der Waals surface area contributed by atoms with Crippen LogP contribution < -0.4 is 5.32 Å². The maximum atomic E-state index is 11.9. The van der Waals surface area contributed by atoms with E-state index in [9.17, 15) is 4.79 Å². The minimum Gasteiger partial charge on any atom is -0.352 e. The van der Waals surface area contributed by atoms with E-state index < -0.39 is 0 Å². The third kappa shape index (κ3) is 14.4. The molecule has 1 radical (unpaired) electrons. The fraction of sp³-hybridized carbons (Fsp3) is 0.720. The molecule has 153 valence electrons. The van der Waals surface area contributed by atoms with Gasteiger partial charge in [0.25, 0.3) is 5.91 Å². The molecule has 2 heteroatoms. The van der Waals surface area contributed by atoms with Crippen LogP contribution in [0.3, 0.4) is 0 Å². The third-order valence-electron chi connectivity index (χ3n) is 5.29. The number of hydrogen-bond acceptors (Lipinski definition) is 1. The van der Waals surface area contributed by atoms with E-state index in [1.54, 1.807) is 6.07 Å². The lowest BCUT2D eigenvalue weighted by Crippen LogP contribution is -2.24. The smallest absolute Gasteiger partial charge is 0.251 e. The molecule has 0 heterocycles. The summed E-state index contributed by atoms with van der Waals surface area (Å²) in [4.78, 5) is 11.9. The molecule has 0 saturated carbocycles. The lowest BCUT2D eigenvalue weighted by Gasteiger charge is -2.05. The zero-order chi connectivity index (χ0) is 19.4. The Morgan fingerprint density at radius 1 is 0.778 bits per heavy atom. The Kier molecular flexibility index (Phi) is 15.9. The van der Waals surface area contributed by atoms with Crippen molar-refractivity contribution in [1.82, 2.24) is 5.32 Å². The first-order valence-corrected chi connectivity index (χ1v) is 11.6. The van der Waals surface area contributed by atoms with Gasteiger partial charge in [0.1, 0.15) is 0 Å². The number of carbonyl (C=O) groups is 1. The number of unbranched alkanes of at least 4 members (excludes halogenated alkanes) is 15. The number of amides is 1. The second-order valence-electron chi connectivity index (χ2n) is 7.85. The summed E-state index contributed by atoms with van der Waals surface area (Å²) >= 11 is 0. The van der Waals surface area contributed by atoms with E-state index in [2.05, 4.69) is 18.3 Å². The predicted molar refractivity (Wildman–Crippen MR) is 117 cm³/mol. The Balaban J connectivity index is 1.75. The van der Waals surface area contributed by atoms with Crippen LogP contribution in [0, 0.1) is 6.07 Å². The fourth-order valence-electron chi connectivity index (χ4n) is 3.51. The molecule has 2 nitrogen and oxygen atoms in total. The van der Waals surface area contributed by atoms with Crippen molar-refractivity contribution in [2.45, 2.75) is 110 Å². The van der Waals surface area contributed by atoms with Crippen molar-refractivity contribution in [2.24, 2.45) is 0 Å². The van der Waals surface area contributed by atoms with Gasteiger partial charge < -0.3 is 5.32 Å². The van der Waals surface area contributed by atoms with Gasteiger partial charge in [0.05, 0.1) is 0 Å². The molecule has 0 aliphatic heterocycles. The molecule has 0 fully saturated rings. The summed E-state index contributed by atoms with van der Waals surface area (Å²) in [6, 6.07) is 10.2. The molecule has 1 rings (SSSR count). The Labute approximate surface area is 168 Å². The molecule has 0 aliphatic rings. The first kappa shape index (κ1) is 23.7. The van der Waals surface area contributed by atoms with Crippen LogP contribution in [0.4, 0.5) is 0 Å². The SMILES string of the molecule is CCCCCCCCCCCCCCCCCCNC(=O)c1c[c]ccc1. The molecule has 0 atom stereocenters. The summed E-state index contributed by atoms with van der Waals surface area (Å²) in [7, 11) is 0. The normalized spacial score (nSPS) is 10.9. The minimum atomic E-state index is 0.0211. The fourth-order valence-corrected chi connectivity index (χ4v) is 3.51. The molecule has 1 aromatic carbocycles. The molecule has 1 N–H and O–H groups in total. The number of hydrogen-bond donors (Lipinski definition) is 1. The highest BCUT2D eigenvalue weighted by Gasteiger charge is 2.02. The van der Waals surface area contributed by atoms with Crippen LogP contribution in [-0.4, -0.2) is 12.5 Å². The van der Waals surface area contributed by atoms with E-state index in [0.717, 1.165) is 13.0 Å². The van der Waals surface area contributed by atoms with Gasteiger partial charge >= 0.3 is 0 Å². The zero-order valence-electron chi connectivity index (χ0n) is 17.7. The second-order valence-corrected chi connectivity index (χ2v) is 7.85. The van der Waals surface area contributed by atoms with E-state index in [0.29, 0.717) is 5.56 Å². The van der Waals surface area contributed by atoms with Crippen molar-refractivity contribution < 1.29 is 4.79 Å². The molecular formula is C25H42NO. The Bertz CT molecular complexity index is 443. The van der Waals surface area contributed by atoms with Crippen LogP contribution in [-0.2, 0) is 0 Å². The van der Waals surface area contributed by atoms with E-state index in [4.69, 9.17) is 0 Å². The number of benzene rings is 1. The quantitative estimate of drug-likeness (QED) is 0.266. The highest BCUT2D eigenvalue weighted by molar-refractivity contribution is 5.93. The van der Waals surface area contributed by atoms with Gasteiger partial charge in [-0.2, -0.15) is 0 Å². The predicted octanol–water partition coefficient (Wildman–Crippen LogP) is 7.48. The number of carbonyl (C=O) groups excluding carboxylic acids is 1. The second kappa shape index (κ2) is 18.1. The Morgan fingerprint density at radius 2 is 1.26 bits per heavy atom. The molecule has 1 aromatic rings. The number of rotatable bonds is 18. The zero-order valence-corrected chi connectivity index (χ0v) is 17.7. The van der Waals surface area contributed by atoms with Crippen LogP contribution in [0.2, 0.25) is 0 Å². The molecular weight excluding hydrogens is 330 g/mol. The van der Waals surface area contributed by atoms with E-state index in [-0.39, 0.29) is 5.91 Å². The lowest BCUT2D eigenvalue weighted by molar-refractivity contribution is 0.0953. The van der Waals surface area contributed by atoms with Crippen molar-refractivity contribution in [3.05, 3.63) is 35.9 Å². The summed E-state index contributed by atoms with van der Waals surface area (Å²) in [6.07, 6.45) is 22.0. The molecule has 0 saturated heterocycles. The molecule has 0 unspecified atom stereocenters. The molecule has 0 aromatic heterocycles. The van der Waals surface area contributed by atoms with Crippen molar-refractivity contribution >= 4 is 5.91 Å². The van der Waals surface area contributed by atoms with Gasteiger partial charge in [-0.05, 0) is 24.6 Å². The average Bonchev–Trinajstić information content (AvgIpc) is 2.70. The van der Waals surface area contributed by atoms with Crippen LogP contribution >= 0.6 is 0 Å². The summed E-state index contributed by atoms with van der Waals surface area (Å²) in [5.74, 6) is 0.0211. The monoisotopic (exact) mass is 372 g/mol. The molecule has 0 spiro atoms. The molecule has 1 amide bonds. The number of nitrogens with one attached hydrogen (secondary N) is 1. The van der Waals surface area contributed by atoms with Gasteiger partial charge in [-0.3, -0.25) is 4.79 Å². The average molecular weight is 373 g/mol. The highest BCUT2D eigenvalue weighted by atomic mass is 16.1. The van der Waals surface area contributed by atoms with Crippen LogP contribution in [0.25, 0.3) is 0 Å². The van der Waals surface area contributed by atoms with E-state index in [1.165, 1.54) is 96.3 Å². The first-order chi connectivity index (χ1) is 13.3.